The van der Waals surface area contributed by atoms with Gasteiger partial charge in [0, 0.05) is 40.9 Å². The van der Waals surface area contributed by atoms with E-state index in [0.717, 1.165) is 28.6 Å². The monoisotopic (exact) mass is 420 g/mol. The van der Waals surface area contributed by atoms with Crippen LogP contribution in [0.25, 0.3) is 17.0 Å². The van der Waals surface area contributed by atoms with E-state index in [0.29, 0.717) is 0 Å². The van der Waals surface area contributed by atoms with Crippen molar-refractivity contribution in [1.29, 1.82) is 0 Å². The van der Waals surface area contributed by atoms with Crippen molar-refractivity contribution in [3.05, 3.63) is 88.1 Å². The lowest BCUT2D eigenvalue weighted by Crippen LogP contribution is -2.43. The van der Waals surface area contributed by atoms with Crippen molar-refractivity contribution >= 4 is 40.4 Å². The van der Waals surface area contributed by atoms with Gasteiger partial charge in [-0.3, -0.25) is 35.5 Å². The topological polar surface area (TPSA) is 141 Å². The molecule has 156 valence electrons. The van der Waals surface area contributed by atoms with E-state index < -0.39 is 29.3 Å². The maximum atomic E-state index is 11.9. The van der Waals surface area contributed by atoms with Gasteiger partial charge in [0.15, 0.2) is 6.61 Å². The number of fused-ring (bicyclic) bond motifs is 1. The number of para-hydroxylation sites is 1. The number of nitrogens with one attached hydrogen (secondary N) is 2. The first-order valence-electron chi connectivity index (χ1n) is 8.96. The molecule has 10 heteroatoms. The Morgan fingerprint density at radius 1 is 1.03 bits per heavy atom. The van der Waals surface area contributed by atoms with Crippen LogP contribution in [0, 0.1) is 10.1 Å². The highest BCUT2D eigenvalue weighted by Gasteiger charge is 2.11. The third kappa shape index (κ3) is 5.70. The maximum absolute atomic E-state index is 11.9. The minimum Gasteiger partial charge on any atom is -0.452 e. The van der Waals surface area contributed by atoms with Crippen LogP contribution in [0.3, 0.4) is 0 Å². The molecule has 1 heterocycles. The minimum absolute atomic E-state index is 0.106. The summed E-state index contributed by atoms with van der Waals surface area (Å²) in [5, 5.41) is 11.5. The van der Waals surface area contributed by atoms with Gasteiger partial charge < -0.3 is 4.74 Å². The van der Waals surface area contributed by atoms with Crippen molar-refractivity contribution in [3.63, 3.8) is 0 Å². The normalized spacial score (nSPS) is 10.6. The fourth-order valence-corrected chi connectivity index (χ4v) is 2.57. The van der Waals surface area contributed by atoms with Crippen LogP contribution in [0.5, 0.6) is 0 Å². The smallest absolute Gasteiger partial charge is 0.331 e. The Morgan fingerprint density at radius 2 is 1.77 bits per heavy atom. The van der Waals surface area contributed by atoms with Crippen LogP contribution < -0.4 is 10.9 Å². The van der Waals surface area contributed by atoms with E-state index in [9.17, 15) is 24.5 Å². The molecule has 1 aromatic heterocycles. The lowest BCUT2D eigenvalue weighted by molar-refractivity contribution is -0.384. The summed E-state index contributed by atoms with van der Waals surface area (Å²) in [6.07, 6.45) is 4.35. The van der Waals surface area contributed by atoms with Gasteiger partial charge in [-0.1, -0.05) is 24.3 Å². The van der Waals surface area contributed by atoms with Gasteiger partial charge in [-0.05, 0) is 24.3 Å². The molecule has 0 unspecified atom stereocenters. The van der Waals surface area contributed by atoms with Crippen LogP contribution in [0.15, 0.2) is 66.9 Å². The summed E-state index contributed by atoms with van der Waals surface area (Å²) in [6.45, 7) is -0.614. The molecular weight excluding hydrogens is 404 g/mol. The molecule has 0 bridgehead atoms. The molecule has 0 aliphatic carbocycles. The van der Waals surface area contributed by atoms with Crippen LogP contribution in [-0.4, -0.2) is 34.3 Å². The number of rotatable bonds is 6. The summed E-state index contributed by atoms with van der Waals surface area (Å²) < 4.78 is 4.83. The van der Waals surface area contributed by atoms with Crippen LogP contribution in [-0.2, 0) is 14.3 Å². The molecule has 31 heavy (non-hydrogen) atoms. The number of aromatic nitrogens is 1. The zero-order valence-corrected chi connectivity index (χ0v) is 16.0. The van der Waals surface area contributed by atoms with E-state index in [4.69, 9.17) is 4.74 Å². The Labute approximate surface area is 175 Å². The van der Waals surface area contributed by atoms with Crippen LogP contribution in [0.2, 0.25) is 0 Å². The number of nitro groups is 1. The first-order chi connectivity index (χ1) is 14.9. The molecule has 0 saturated carbocycles. The maximum Gasteiger partial charge on any atom is 0.331 e. The number of nitrogens with zero attached hydrogens (tertiary/aromatic N) is 2. The molecule has 0 fully saturated rings. The molecule has 0 aliphatic heterocycles. The summed E-state index contributed by atoms with van der Waals surface area (Å²) in [6, 6.07) is 14.0. The summed E-state index contributed by atoms with van der Waals surface area (Å²) in [5.41, 5.74) is 5.59. The second-order valence-corrected chi connectivity index (χ2v) is 6.17. The Kier molecular flexibility index (Phi) is 6.64. The number of benzene rings is 2. The first kappa shape index (κ1) is 21.1. The summed E-state index contributed by atoms with van der Waals surface area (Å²) in [5.74, 6) is -2.19. The largest absolute Gasteiger partial charge is 0.452 e. The standard InChI is InChI=1S/C21H16N4O6/c26-18(23-24-21(28)16-6-9-17(10-7-16)25(29)30)13-31-19(27)11-8-15-4-1-3-14-5-2-12-22-20(14)15/h1-12H,13H2,(H,23,26)(H,24,28)/b11-8+. The molecule has 3 rings (SSSR count). The number of carbonyl (C=O) groups is 3. The van der Waals surface area contributed by atoms with Crippen molar-refractivity contribution < 1.29 is 24.0 Å². The van der Waals surface area contributed by atoms with E-state index >= 15 is 0 Å². The third-order valence-corrected chi connectivity index (χ3v) is 4.06. The predicted octanol–water partition coefficient (Wildman–Crippen LogP) is 2.16. The van der Waals surface area contributed by atoms with E-state index in [-0.39, 0.29) is 11.3 Å². The highest BCUT2D eigenvalue weighted by atomic mass is 16.6. The van der Waals surface area contributed by atoms with Crippen LogP contribution in [0.4, 0.5) is 5.69 Å². The molecule has 10 nitrogen and oxygen atoms in total. The number of amides is 2. The van der Waals surface area contributed by atoms with Crippen molar-refractivity contribution in [2.45, 2.75) is 0 Å². The molecule has 0 spiro atoms. The second kappa shape index (κ2) is 9.74. The van der Waals surface area contributed by atoms with Crippen molar-refractivity contribution in [2.75, 3.05) is 6.61 Å². The zero-order chi connectivity index (χ0) is 22.2. The van der Waals surface area contributed by atoms with Crippen molar-refractivity contribution in [3.8, 4) is 0 Å². The molecular formula is C21H16N4O6. The molecule has 0 saturated heterocycles. The van der Waals surface area contributed by atoms with E-state index in [1.165, 1.54) is 24.3 Å². The number of hydrogen-bond donors (Lipinski definition) is 2. The SMILES string of the molecule is O=C(COC(=O)/C=C/c1cccc2cccnc12)NNC(=O)c1ccc([N+](=O)[O-])cc1. The molecule has 0 aliphatic rings. The minimum atomic E-state index is -0.760. The van der Waals surface area contributed by atoms with Crippen molar-refractivity contribution in [1.82, 2.24) is 15.8 Å². The quantitative estimate of drug-likeness (QED) is 0.269. The van der Waals surface area contributed by atoms with Gasteiger partial charge in [-0.25, -0.2) is 4.79 Å². The van der Waals surface area contributed by atoms with Gasteiger partial charge in [0.25, 0.3) is 17.5 Å². The summed E-state index contributed by atoms with van der Waals surface area (Å²) >= 11 is 0. The summed E-state index contributed by atoms with van der Waals surface area (Å²) in [4.78, 5) is 49.8. The Bertz CT molecular complexity index is 1170. The van der Waals surface area contributed by atoms with Gasteiger partial charge in [-0.15, -0.1) is 0 Å². The molecule has 3 aromatic rings. The number of carbonyl (C=O) groups excluding carboxylic acids is 3. The van der Waals surface area contributed by atoms with Gasteiger partial charge >= 0.3 is 5.97 Å². The number of hydrogen-bond acceptors (Lipinski definition) is 7. The van der Waals surface area contributed by atoms with Crippen molar-refractivity contribution in [2.24, 2.45) is 0 Å². The Hall–Kier alpha value is -4.60. The number of hydrazine groups is 1. The number of nitro benzene ring substituents is 1. The van der Waals surface area contributed by atoms with Gasteiger partial charge in [0.1, 0.15) is 0 Å². The highest BCUT2D eigenvalue weighted by molar-refractivity contribution is 5.96. The van der Waals surface area contributed by atoms with Crippen LogP contribution in [0.1, 0.15) is 15.9 Å². The number of esters is 1. The number of pyridine rings is 1. The second-order valence-electron chi connectivity index (χ2n) is 6.17. The lowest BCUT2D eigenvalue weighted by Gasteiger charge is -2.07. The predicted molar refractivity (Wildman–Crippen MR) is 110 cm³/mol. The average molecular weight is 420 g/mol. The fraction of sp³-hybridized carbons (Fsp3) is 0.0476. The highest BCUT2D eigenvalue weighted by Crippen LogP contribution is 2.17. The third-order valence-electron chi connectivity index (χ3n) is 4.06. The van der Waals surface area contributed by atoms with E-state index in [1.54, 1.807) is 12.3 Å². The van der Waals surface area contributed by atoms with E-state index in [1.807, 2.05) is 24.3 Å². The van der Waals surface area contributed by atoms with E-state index in [2.05, 4.69) is 15.8 Å². The number of ether oxygens (including phenoxy) is 1. The summed E-state index contributed by atoms with van der Waals surface area (Å²) in [7, 11) is 0. The van der Waals surface area contributed by atoms with Gasteiger partial charge in [0.05, 0.1) is 10.4 Å². The molecule has 2 amide bonds. The first-order valence-corrected chi connectivity index (χ1v) is 8.96. The molecule has 0 atom stereocenters. The molecule has 0 radical (unpaired) electrons. The van der Waals surface area contributed by atoms with Gasteiger partial charge in [0.2, 0.25) is 0 Å². The fourth-order valence-electron chi connectivity index (χ4n) is 2.57. The lowest BCUT2D eigenvalue weighted by atomic mass is 10.1. The average Bonchev–Trinajstić information content (AvgIpc) is 2.79. The Balaban J connectivity index is 1.46. The number of non-ortho nitro benzene ring substituents is 1. The molecule has 2 N–H and O–H groups in total. The molecule has 2 aromatic carbocycles. The van der Waals surface area contributed by atoms with Gasteiger partial charge in [-0.2, -0.15) is 0 Å². The zero-order valence-electron chi connectivity index (χ0n) is 16.0. The Morgan fingerprint density at radius 3 is 2.52 bits per heavy atom. The van der Waals surface area contributed by atoms with Crippen LogP contribution >= 0.6 is 0 Å².